The van der Waals surface area contributed by atoms with Gasteiger partial charge >= 0.3 is 0 Å². The van der Waals surface area contributed by atoms with Crippen LogP contribution in [0.4, 0.5) is 0 Å². The second-order valence-corrected chi connectivity index (χ2v) is 7.02. The van der Waals surface area contributed by atoms with E-state index in [9.17, 15) is 4.79 Å². The zero-order chi connectivity index (χ0) is 18.6. The van der Waals surface area contributed by atoms with Crippen LogP contribution >= 0.6 is 0 Å². The molecule has 0 spiro atoms. The van der Waals surface area contributed by atoms with Gasteiger partial charge in [0.05, 0.1) is 19.8 Å². The molecule has 2 aliphatic carbocycles. The number of allylic oxidation sites excluding steroid dienone is 2. The summed E-state index contributed by atoms with van der Waals surface area (Å²) in [6.07, 6.45) is 7.91. The second-order valence-electron chi connectivity index (χ2n) is 7.02. The predicted octanol–water partition coefficient (Wildman–Crippen LogP) is 3.29. The number of hydrogen-bond donors (Lipinski definition) is 0. The molecule has 1 aromatic carbocycles. The van der Waals surface area contributed by atoms with Gasteiger partial charge in [-0.15, -0.1) is 0 Å². The van der Waals surface area contributed by atoms with Crippen LogP contribution in [0.2, 0.25) is 0 Å². The first-order chi connectivity index (χ1) is 12.6. The van der Waals surface area contributed by atoms with Gasteiger partial charge < -0.3 is 18.9 Å². The van der Waals surface area contributed by atoms with Crippen molar-refractivity contribution in [3.8, 4) is 5.75 Å². The Morgan fingerprint density at radius 3 is 2.62 bits per heavy atom. The lowest BCUT2D eigenvalue weighted by Crippen LogP contribution is -2.51. The molecule has 0 bridgehead atoms. The van der Waals surface area contributed by atoms with Crippen LogP contribution < -0.4 is 4.74 Å². The average Bonchev–Trinajstić information content (AvgIpc) is 2.66. The molecule has 140 valence electrons. The third-order valence-electron chi connectivity index (χ3n) is 5.20. The Bertz CT molecular complexity index is 678. The van der Waals surface area contributed by atoms with Crippen molar-refractivity contribution in [2.24, 2.45) is 11.3 Å². The van der Waals surface area contributed by atoms with Gasteiger partial charge in [0.15, 0.2) is 5.78 Å². The topological polar surface area (TPSA) is 54.0 Å². The minimum absolute atomic E-state index is 0.0297. The number of ketones is 1. The normalized spacial score (nSPS) is 30.3. The summed E-state index contributed by atoms with van der Waals surface area (Å²) < 4.78 is 22.1. The van der Waals surface area contributed by atoms with E-state index in [0.717, 1.165) is 17.7 Å². The molecule has 1 aromatic rings. The Hall–Kier alpha value is -1.95. The molecule has 26 heavy (non-hydrogen) atoms. The summed E-state index contributed by atoms with van der Waals surface area (Å²) in [5, 5.41) is 0. The quantitative estimate of drug-likeness (QED) is 0.553. The van der Waals surface area contributed by atoms with Crippen LogP contribution in [-0.4, -0.2) is 39.0 Å². The van der Waals surface area contributed by atoms with E-state index in [0.29, 0.717) is 6.61 Å². The maximum absolute atomic E-state index is 12.4. The molecular weight excluding hydrogens is 332 g/mol. The van der Waals surface area contributed by atoms with Crippen molar-refractivity contribution in [3.63, 3.8) is 0 Å². The van der Waals surface area contributed by atoms with Crippen molar-refractivity contribution < 1.29 is 23.7 Å². The highest BCUT2D eigenvalue weighted by atomic mass is 16.7. The number of ether oxygens (including phenoxy) is 4. The molecule has 0 fully saturated rings. The predicted molar refractivity (Wildman–Crippen MR) is 97.8 cm³/mol. The Balaban J connectivity index is 1.76. The standard InChI is InChI=1S/C21H26O5/c1-21-11-4-5-18(25-13-15-6-8-16(24-3)9-7-15)19(21)20(26-14-23-2)17(22)10-12-21/h4-10,12,18-20H,11,13-14H2,1-3H3/t18-,19+,20+,21+/m1/s1. The Labute approximate surface area is 154 Å². The number of hydrogen-bond acceptors (Lipinski definition) is 5. The first-order valence-electron chi connectivity index (χ1n) is 8.82. The maximum Gasteiger partial charge on any atom is 0.184 e. The SMILES string of the molecule is COCO[C@H]1C(=O)C=C[C@]2(C)CC=C[C@@H](OCc3ccc(OC)cc3)[C@@H]12. The van der Waals surface area contributed by atoms with Gasteiger partial charge in [-0.3, -0.25) is 4.79 Å². The molecule has 5 nitrogen and oxygen atoms in total. The number of methoxy groups -OCH3 is 2. The van der Waals surface area contributed by atoms with Crippen LogP contribution in [0.5, 0.6) is 5.75 Å². The molecule has 0 unspecified atom stereocenters. The number of rotatable bonds is 7. The molecule has 0 N–H and O–H groups in total. The molecule has 0 amide bonds. The molecular formula is C21H26O5. The van der Waals surface area contributed by atoms with E-state index < -0.39 is 6.10 Å². The van der Waals surface area contributed by atoms with Crippen LogP contribution in [0.1, 0.15) is 18.9 Å². The Morgan fingerprint density at radius 2 is 1.92 bits per heavy atom. The van der Waals surface area contributed by atoms with Gasteiger partial charge in [0.1, 0.15) is 18.6 Å². The minimum atomic E-state index is -0.559. The van der Waals surface area contributed by atoms with E-state index in [2.05, 4.69) is 13.0 Å². The first kappa shape index (κ1) is 18.8. The lowest BCUT2D eigenvalue weighted by molar-refractivity contribution is -0.160. The summed E-state index contributed by atoms with van der Waals surface area (Å²) in [7, 11) is 3.20. The third-order valence-corrected chi connectivity index (χ3v) is 5.20. The lowest BCUT2D eigenvalue weighted by atomic mass is 9.63. The van der Waals surface area contributed by atoms with Gasteiger partial charge in [0.2, 0.25) is 0 Å². The first-order valence-corrected chi connectivity index (χ1v) is 8.82. The van der Waals surface area contributed by atoms with Gasteiger partial charge in [-0.2, -0.15) is 0 Å². The van der Waals surface area contributed by atoms with Crippen LogP contribution in [0, 0.1) is 11.3 Å². The van der Waals surface area contributed by atoms with E-state index in [4.69, 9.17) is 18.9 Å². The summed E-state index contributed by atoms with van der Waals surface area (Å²) in [4.78, 5) is 12.4. The van der Waals surface area contributed by atoms with Crippen molar-refractivity contribution in [1.29, 1.82) is 0 Å². The van der Waals surface area contributed by atoms with E-state index in [1.165, 1.54) is 0 Å². The fourth-order valence-electron chi connectivity index (χ4n) is 3.73. The van der Waals surface area contributed by atoms with Crippen LogP contribution in [0.15, 0.2) is 48.6 Å². The van der Waals surface area contributed by atoms with Crippen molar-refractivity contribution in [2.75, 3.05) is 21.0 Å². The molecule has 0 saturated carbocycles. The maximum atomic E-state index is 12.4. The molecule has 0 radical (unpaired) electrons. The molecule has 5 heteroatoms. The van der Waals surface area contributed by atoms with Gasteiger partial charge in [-0.05, 0) is 35.6 Å². The van der Waals surface area contributed by atoms with Crippen molar-refractivity contribution in [1.82, 2.24) is 0 Å². The summed E-state index contributed by atoms with van der Waals surface area (Å²) >= 11 is 0. The highest BCUT2D eigenvalue weighted by molar-refractivity contribution is 5.95. The monoisotopic (exact) mass is 358 g/mol. The summed E-state index contributed by atoms with van der Waals surface area (Å²) in [5.41, 5.74) is 0.879. The average molecular weight is 358 g/mol. The van der Waals surface area contributed by atoms with Gasteiger partial charge in [-0.25, -0.2) is 0 Å². The molecule has 0 aromatic heterocycles. The fraction of sp³-hybridized carbons (Fsp3) is 0.476. The molecule has 0 saturated heterocycles. The van der Waals surface area contributed by atoms with Crippen LogP contribution in [-0.2, 0) is 25.6 Å². The van der Waals surface area contributed by atoms with Crippen LogP contribution in [0.3, 0.4) is 0 Å². The second kappa shape index (κ2) is 8.16. The number of fused-ring (bicyclic) bond motifs is 1. The minimum Gasteiger partial charge on any atom is -0.497 e. The van der Waals surface area contributed by atoms with E-state index in [1.807, 2.05) is 36.4 Å². The number of carbonyl (C=O) groups is 1. The summed E-state index contributed by atoms with van der Waals surface area (Å²) in [6, 6.07) is 7.79. The zero-order valence-electron chi connectivity index (χ0n) is 15.5. The van der Waals surface area contributed by atoms with E-state index in [-0.39, 0.29) is 30.0 Å². The highest BCUT2D eigenvalue weighted by Crippen LogP contribution is 2.46. The zero-order valence-corrected chi connectivity index (χ0v) is 15.5. The van der Waals surface area contributed by atoms with Gasteiger partial charge in [0.25, 0.3) is 0 Å². The Morgan fingerprint density at radius 1 is 1.15 bits per heavy atom. The van der Waals surface area contributed by atoms with E-state index >= 15 is 0 Å². The number of carbonyl (C=O) groups excluding carboxylic acids is 1. The largest absolute Gasteiger partial charge is 0.497 e. The molecule has 4 atom stereocenters. The van der Waals surface area contributed by atoms with Gasteiger partial charge in [-0.1, -0.05) is 37.3 Å². The molecule has 0 heterocycles. The third kappa shape index (κ3) is 3.90. The van der Waals surface area contributed by atoms with Crippen molar-refractivity contribution in [3.05, 3.63) is 54.1 Å². The molecule has 0 aliphatic heterocycles. The number of benzene rings is 1. The fourth-order valence-corrected chi connectivity index (χ4v) is 3.73. The Kier molecular flexibility index (Phi) is 5.91. The molecule has 2 aliphatic rings. The summed E-state index contributed by atoms with van der Waals surface area (Å²) in [5.74, 6) is 0.700. The lowest BCUT2D eigenvalue weighted by Gasteiger charge is -2.46. The molecule has 3 rings (SSSR count). The van der Waals surface area contributed by atoms with Crippen LogP contribution in [0.25, 0.3) is 0 Å². The van der Waals surface area contributed by atoms with Crippen molar-refractivity contribution in [2.45, 2.75) is 32.2 Å². The van der Waals surface area contributed by atoms with Gasteiger partial charge in [0, 0.05) is 13.0 Å². The van der Waals surface area contributed by atoms with E-state index in [1.54, 1.807) is 20.3 Å². The summed E-state index contributed by atoms with van der Waals surface area (Å²) in [6.45, 7) is 2.70. The van der Waals surface area contributed by atoms with Crippen molar-refractivity contribution >= 4 is 5.78 Å². The smallest absolute Gasteiger partial charge is 0.184 e. The highest BCUT2D eigenvalue weighted by Gasteiger charge is 2.49.